The second-order valence-electron chi connectivity index (χ2n) is 2.44. The van der Waals surface area contributed by atoms with E-state index in [1.54, 1.807) is 0 Å². The molecule has 0 unspecified atom stereocenters. The van der Waals surface area contributed by atoms with E-state index < -0.39 is 0 Å². The Morgan fingerprint density at radius 3 is 2.92 bits per heavy atom. The number of hydrogen-bond donors (Lipinski definition) is 3. The first-order chi connectivity index (χ1) is 5.81. The van der Waals surface area contributed by atoms with E-state index in [0.717, 1.165) is 19.5 Å². The molecule has 4 nitrogen and oxygen atoms in total. The Balaban J connectivity index is 3.00. The molecule has 0 heterocycles. The number of hydrogen-bond acceptors (Lipinski definition) is 4. The number of thioether (sulfide) groups is 1. The van der Waals surface area contributed by atoms with Crippen molar-refractivity contribution in [2.24, 2.45) is 10.9 Å². The van der Waals surface area contributed by atoms with Crippen LogP contribution in [0.2, 0.25) is 0 Å². The van der Waals surface area contributed by atoms with Gasteiger partial charge in [-0.25, -0.2) is 0 Å². The van der Waals surface area contributed by atoms with Crippen LogP contribution < -0.4 is 11.1 Å². The largest absolute Gasteiger partial charge is 0.409 e. The van der Waals surface area contributed by atoms with Crippen LogP contribution in [0.3, 0.4) is 0 Å². The van der Waals surface area contributed by atoms with Crippen LogP contribution in [0.1, 0.15) is 12.8 Å². The molecule has 0 amide bonds. The molecule has 0 radical (unpaired) electrons. The van der Waals surface area contributed by atoms with Crippen LogP contribution in [0.15, 0.2) is 5.16 Å². The van der Waals surface area contributed by atoms with E-state index in [1.807, 2.05) is 11.8 Å². The van der Waals surface area contributed by atoms with E-state index in [2.05, 4.69) is 16.7 Å². The molecular formula is C7H17N3OS. The molecule has 0 bridgehead atoms. The fraction of sp³-hybridized carbons (Fsp3) is 0.857. The maximum absolute atomic E-state index is 8.21. The minimum atomic E-state index is 0.285. The SMILES string of the molecule is CSCCCNCCC(N)=NO. The summed E-state index contributed by atoms with van der Waals surface area (Å²) in [5, 5.41) is 14.3. The van der Waals surface area contributed by atoms with Gasteiger partial charge in [0.1, 0.15) is 5.84 Å². The molecule has 12 heavy (non-hydrogen) atoms. The highest BCUT2D eigenvalue weighted by molar-refractivity contribution is 7.98. The van der Waals surface area contributed by atoms with Gasteiger partial charge >= 0.3 is 0 Å². The van der Waals surface area contributed by atoms with Crippen LogP contribution >= 0.6 is 11.8 Å². The molecule has 0 rings (SSSR count). The molecule has 0 aromatic heterocycles. The molecule has 0 atom stereocenters. The number of nitrogens with two attached hydrogens (primary N) is 1. The molecule has 0 aromatic rings. The Morgan fingerprint density at radius 1 is 1.58 bits per heavy atom. The number of oxime groups is 1. The Kier molecular flexibility index (Phi) is 8.37. The number of rotatable bonds is 7. The average molecular weight is 191 g/mol. The second kappa shape index (κ2) is 8.67. The molecule has 0 aliphatic rings. The highest BCUT2D eigenvalue weighted by Gasteiger charge is 1.91. The molecule has 0 fully saturated rings. The molecule has 0 aliphatic carbocycles. The Morgan fingerprint density at radius 2 is 2.33 bits per heavy atom. The van der Waals surface area contributed by atoms with Gasteiger partial charge in [0.05, 0.1) is 0 Å². The Labute approximate surface area is 77.6 Å². The van der Waals surface area contributed by atoms with Gasteiger partial charge in [-0.2, -0.15) is 11.8 Å². The van der Waals surface area contributed by atoms with Crippen molar-refractivity contribution in [3.63, 3.8) is 0 Å². The predicted molar refractivity (Wildman–Crippen MR) is 53.9 cm³/mol. The number of nitrogens with zero attached hydrogens (tertiary/aromatic N) is 1. The minimum absolute atomic E-state index is 0.285. The molecule has 72 valence electrons. The van der Waals surface area contributed by atoms with Crippen LogP contribution in [0, 0.1) is 0 Å². The second-order valence-corrected chi connectivity index (χ2v) is 3.42. The van der Waals surface area contributed by atoms with Crippen LogP contribution in [-0.4, -0.2) is 36.1 Å². The third-order valence-corrected chi connectivity index (χ3v) is 2.09. The van der Waals surface area contributed by atoms with Crippen molar-refractivity contribution in [2.75, 3.05) is 25.1 Å². The van der Waals surface area contributed by atoms with E-state index in [9.17, 15) is 0 Å². The molecular weight excluding hydrogens is 174 g/mol. The van der Waals surface area contributed by atoms with Gasteiger partial charge in [-0.3, -0.25) is 0 Å². The maximum atomic E-state index is 8.21. The first-order valence-electron chi connectivity index (χ1n) is 3.97. The lowest BCUT2D eigenvalue weighted by molar-refractivity contribution is 0.316. The highest BCUT2D eigenvalue weighted by Crippen LogP contribution is 1.93. The molecule has 0 saturated carbocycles. The standard InChI is InChI=1S/C7H17N3OS/c1-12-6-2-4-9-5-3-7(8)10-11/h9,11H,2-6H2,1H3,(H2,8,10). The van der Waals surface area contributed by atoms with Crippen molar-refractivity contribution >= 4 is 17.6 Å². The van der Waals surface area contributed by atoms with E-state index in [-0.39, 0.29) is 5.84 Å². The van der Waals surface area contributed by atoms with Gasteiger partial charge in [0, 0.05) is 13.0 Å². The molecule has 5 heteroatoms. The lowest BCUT2D eigenvalue weighted by atomic mass is 10.4. The van der Waals surface area contributed by atoms with E-state index >= 15 is 0 Å². The zero-order chi connectivity index (χ0) is 9.23. The zero-order valence-corrected chi connectivity index (χ0v) is 8.23. The molecule has 4 N–H and O–H groups in total. The van der Waals surface area contributed by atoms with Gasteiger partial charge in [-0.15, -0.1) is 0 Å². The quantitative estimate of drug-likeness (QED) is 0.180. The zero-order valence-electron chi connectivity index (χ0n) is 7.42. The molecule has 0 spiro atoms. The van der Waals surface area contributed by atoms with Crippen molar-refractivity contribution in [2.45, 2.75) is 12.8 Å². The topological polar surface area (TPSA) is 70.6 Å². The summed E-state index contributed by atoms with van der Waals surface area (Å²) in [4.78, 5) is 0. The van der Waals surface area contributed by atoms with Crippen LogP contribution in [0.4, 0.5) is 0 Å². The van der Waals surface area contributed by atoms with Crippen molar-refractivity contribution in [1.82, 2.24) is 5.32 Å². The van der Waals surface area contributed by atoms with Gasteiger partial charge in [0.25, 0.3) is 0 Å². The molecule has 0 aromatic carbocycles. The first kappa shape index (κ1) is 11.6. The van der Waals surface area contributed by atoms with E-state index in [0.29, 0.717) is 6.42 Å². The van der Waals surface area contributed by atoms with Crippen LogP contribution in [0.25, 0.3) is 0 Å². The normalized spacial score (nSPS) is 11.9. The number of amidine groups is 1. The lowest BCUT2D eigenvalue weighted by Crippen LogP contribution is -2.23. The van der Waals surface area contributed by atoms with Crippen LogP contribution in [0.5, 0.6) is 0 Å². The fourth-order valence-corrected chi connectivity index (χ4v) is 1.17. The lowest BCUT2D eigenvalue weighted by Gasteiger charge is -2.02. The summed E-state index contributed by atoms with van der Waals surface area (Å²) in [7, 11) is 0. The summed E-state index contributed by atoms with van der Waals surface area (Å²) < 4.78 is 0. The fourth-order valence-electron chi connectivity index (χ4n) is 0.733. The van der Waals surface area contributed by atoms with Crippen molar-refractivity contribution in [1.29, 1.82) is 0 Å². The molecule has 0 saturated heterocycles. The highest BCUT2D eigenvalue weighted by atomic mass is 32.2. The minimum Gasteiger partial charge on any atom is -0.409 e. The van der Waals surface area contributed by atoms with Gasteiger partial charge in [-0.1, -0.05) is 5.16 Å². The third kappa shape index (κ3) is 7.68. The van der Waals surface area contributed by atoms with Gasteiger partial charge in [-0.05, 0) is 25.0 Å². The number of nitrogens with one attached hydrogen (secondary N) is 1. The third-order valence-electron chi connectivity index (χ3n) is 1.39. The smallest absolute Gasteiger partial charge is 0.140 e. The van der Waals surface area contributed by atoms with E-state index in [4.69, 9.17) is 10.9 Å². The summed E-state index contributed by atoms with van der Waals surface area (Å²) in [6, 6.07) is 0. The average Bonchev–Trinajstić information content (AvgIpc) is 2.10. The summed E-state index contributed by atoms with van der Waals surface area (Å²) in [6.07, 6.45) is 3.86. The summed E-state index contributed by atoms with van der Waals surface area (Å²) in [6.45, 7) is 1.78. The first-order valence-corrected chi connectivity index (χ1v) is 5.36. The van der Waals surface area contributed by atoms with Gasteiger partial charge < -0.3 is 16.3 Å². The van der Waals surface area contributed by atoms with Crippen molar-refractivity contribution in [3.8, 4) is 0 Å². The summed E-state index contributed by atoms with van der Waals surface area (Å²) >= 11 is 1.84. The Hall–Kier alpha value is -0.420. The van der Waals surface area contributed by atoms with Gasteiger partial charge in [0.2, 0.25) is 0 Å². The monoisotopic (exact) mass is 191 g/mol. The van der Waals surface area contributed by atoms with Crippen LogP contribution in [-0.2, 0) is 0 Å². The summed E-state index contributed by atoms with van der Waals surface area (Å²) in [5.41, 5.74) is 5.27. The summed E-state index contributed by atoms with van der Waals surface area (Å²) in [5.74, 6) is 1.46. The molecule has 0 aliphatic heterocycles. The van der Waals surface area contributed by atoms with Crippen molar-refractivity contribution in [3.05, 3.63) is 0 Å². The Bertz CT molecular complexity index is 130. The maximum Gasteiger partial charge on any atom is 0.140 e. The van der Waals surface area contributed by atoms with Gasteiger partial charge in [0.15, 0.2) is 0 Å². The van der Waals surface area contributed by atoms with E-state index in [1.165, 1.54) is 5.75 Å². The van der Waals surface area contributed by atoms with Crippen molar-refractivity contribution < 1.29 is 5.21 Å². The predicted octanol–water partition coefficient (Wildman–Crippen LogP) is 0.466.